The molecule has 0 aliphatic rings. The number of unbranched alkanes of at least 4 members (excludes halogenated alkanes) is 22. The maximum Gasteiger partial charge on any atom is 0.306 e. The number of hydrogen-bond acceptors (Lipinski definition) is 5. The minimum Gasteiger partial charge on any atom is -0.462 e. The van der Waals surface area contributed by atoms with Crippen molar-refractivity contribution < 1.29 is 24.5 Å². The van der Waals surface area contributed by atoms with Gasteiger partial charge in [-0.25, -0.2) is 0 Å². The predicted molar refractivity (Wildman–Crippen MR) is 255 cm³/mol. The van der Waals surface area contributed by atoms with Gasteiger partial charge >= 0.3 is 5.97 Å². The Bertz CT molecular complexity index is 1060. The van der Waals surface area contributed by atoms with Gasteiger partial charge in [-0.2, -0.15) is 0 Å². The van der Waals surface area contributed by atoms with Crippen LogP contribution < -0.4 is 5.32 Å². The van der Waals surface area contributed by atoms with Crippen LogP contribution in [0.5, 0.6) is 0 Å². The van der Waals surface area contributed by atoms with Gasteiger partial charge in [-0.05, 0) is 83.5 Å². The van der Waals surface area contributed by atoms with Gasteiger partial charge < -0.3 is 20.3 Å². The fraction of sp³-hybridized carbons (Fsp3) is 0.774. The van der Waals surface area contributed by atoms with E-state index in [1.165, 1.54) is 109 Å². The second-order valence-corrected chi connectivity index (χ2v) is 16.9. The van der Waals surface area contributed by atoms with Crippen LogP contribution in [-0.4, -0.2) is 46.9 Å². The Labute approximate surface area is 365 Å². The summed E-state index contributed by atoms with van der Waals surface area (Å²) in [6.07, 6.45) is 57.2. The summed E-state index contributed by atoms with van der Waals surface area (Å²) in [5.74, 6) is -0.559. The Hall–Kier alpha value is -2.44. The molecule has 3 unspecified atom stereocenters. The Balaban J connectivity index is 4.57. The molecule has 0 fully saturated rings. The van der Waals surface area contributed by atoms with Crippen LogP contribution in [-0.2, 0) is 14.3 Å². The van der Waals surface area contributed by atoms with Gasteiger partial charge in [-0.1, -0.05) is 204 Å². The number of hydrogen-bond donors (Lipinski definition) is 3. The SMILES string of the molecule is CCCC/C=C\CCCCCC(CC(=O)NC(CO)C(O)CCCCCCCCCCCCCCCC)OC(=O)CCC/C=C\C/C=C\C/C=C\C/C=C\CCCCC. The first-order valence-corrected chi connectivity index (χ1v) is 25.0. The highest BCUT2D eigenvalue weighted by molar-refractivity contribution is 5.77. The van der Waals surface area contributed by atoms with Crippen LogP contribution in [0.15, 0.2) is 60.8 Å². The van der Waals surface area contributed by atoms with E-state index in [9.17, 15) is 19.8 Å². The molecule has 1 amide bonds. The van der Waals surface area contributed by atoms with Crippen LogP contribution in [0.1, 0.15) is 239 Å². The number of ether oxygens (including phenoxy) is 1. The molecule has 59 heavy (non-hydrogen) atoms. The van der Waals surface area contributed by atoms with E-state index >= 15 is 0 Å². The standard InChI is InChI=1S/C53H95NO5/c1-4-7-10-13-16-19-21-23-25-26-27-29-31-34-37-40-43-46-53(58)59-49(44-41-38-35-32-18-15-12-9-6-3)47-52(57)54-50(48-55)51(56)45-42-39-36-33-30-28-24-22-20-17-14-11-8-5-2/h15-16,18-19,23,25,27,29,34,37,49-51,55-56H,4-14,17,20-22,24,26,28,30-33,35-36,38-48H2,1-3H3,(H,54,57)/b18-15-,19-16-,25-23-,29-27-,37-34-. The third-order valence-electron chi connectivity index (χ3n) is 11.1. The van der Waals surface area contributed by atoms with E-state index in [-0.39, 0.29) is 24.9 Å². The first kappa shape index (κ1) is 56.6. The highest BCUT2D eigenvalue weighted by Gasteiger charge is 2.24. The number of nitrogens with one attached hydrogen (secondary N) is 1. The van der Waals surface area contributed by atoms with Crippen LogP contribution in [0.3, 0.4) is 0 Å². The zero-order valence-electron chi connectivity index (χ0n) is 38.9. The average Bonchev–Trinajstić information content (AvgIpc) is 3.23. The van der Waals surface area contributed by atoms with Crippen LogP contribution in [0, 0.1) is 0 Å². The fourth-order valence-electron chi connectivity index (χ4n) is 7.23. The summed E-state index contributed by atoms with van der Waals surface area (Å²) in [6, 6.07) is -0.717. The normalized spacial score (nSPS) is 13.8. The Morgan fingerprint density at radius 2 is 0.881 bits per heavy atom. The molecule has 0 aromatic heterocycles. The quantitative estimate of drug-likeness (QED) is 0.0323. The molecule has 0 radical (unpaired) electrons. The van der Waals surface area contributed by atoms with E-state index in [1.807, 2.05) is 0 Å². The van der Waals surface area contributed by atoms with Gasteiger partial charge in [-0.3, -0.25) is 9.59 Å². The molecule has 0 spiro atoms. The summed E-state index contributed by atoms with van der Waals surface area (Å²) in [5, 5.41) is 23.7. The highest BCUT2D eigenvalue weighted by Crippen LogP contribution is 2.17. The van der Waals surface area contributed by atoms with Crippen molar-refractivity contribution in [2.24, 2.45) is 0 Å². The molecule has 0 aromatic carbocycles. The lowest BCUT2D eigenvalue weighted by Gasteiger charge is -2.24. The maximum atomic E-state index is 13.1. The van der Waals surface area contributed by atoms with E-state index in [0.717, 1.165) is 77.0 Å². The minimum atomic E-state index is -0.801. The molecule has 6 nitrogen and oxygen atoms in total. The number of rotatable bonds is 44. The van der Waals surface area contributed by atoms with E-state index in [2.05, 4.69) is 86.8 Å². The number of aliphatic hydroxyl groups is 2. The number of amides is 1. The molecule has 0 saturated carbocycles. The average molecular weight is 826 g/mol. The van der Waals surface area contributed by atoms with Gasteiger partial charge in [0.1, 0.15) is 6.10 Å². The summed E-state index contributed by atoms with van der Waals surface area (Å²) in [6.45, 7) is 6.39. The molecule has 3 atom stereocenters. The first-order valence-electron chi connectivity index (χ1n) is 25.0. The van der Waals surface area contributed by atoms with Gasteiger partial charge in [0.2, 0.25) is 5.91 Å². The van der Waals surface area contributed by atoms with Gasteiger partial charge in [0.05, 0.1) is 25.2 Å². The number of aliphatic hydroxyl groups excluding tert-OH is 2. The molecule has 0 heterocycles. The smallest absolute Gasteiger partial charge is 0.306 e. The summed E-state index contributed by atoms with van der Waals surface area (Å²) in [4.78, 5) is 26.0. The lowest BCUT2D eigenvalue weighted by atomic mass is 10.0. The van der Waals surface area contributed by atoms with Crippen molar-refractivity contribution in [1.29, 1.82) is 0 Å². The third kappa shape index (κ3) is 42.1. The van der Waals surface area contributed by atoms with E-state index in [0.29, 0.717) is 25.7 Å². The highest BCUT2D eigenvalue weighted by atomic mass is 16.5. The van der Waals surface area contributed by atoms with Crippen molar-refractivity contribution in [3.05, 3.63) is 60.8 Å². The van der Waals surface area contributed by atoms with Crippen molar-refractivity contribution in [2.75, 3.05) is 6.61 Å². The molecular formula is C53H95NO5. The second kappa shape index (κ2) is 46.6. The Morgan fingerprint density at radius 1 is 0.492 bits per heavy atom. The minimum absolute atomic E-state index is 0.0436. The molecular weight excluding hydrogens is 731 g/mol. The third-order valence-corrected chi connectivity index (χ3v) is 11.1. The molecule has 0 aliphatic carbocycles. The van der Waals surface area contributed by atoms with Gasteiger partial charge in [0, 0.05) is 6.42 Å². The molecule has 342 valence electrons. The number of carbonyl (C=O) groups excluding carboxylic acids is 2. The van der Waals surface area contributed by atoms with Crippen LogP contribution in [0.2, 0.25) is 0 Å². The van der Waals surface area contributed by atoms with E-state index in [4.69, 9.17) is 4.74 Å². The molecule has 6 heteroatoms. The molecule has 0 aromatic rings. The molecule has 3 N–H and O–H groups in total. The monoisotopic (exact) mass is 826 g/mol. The Kier molecular flexibility index (Phi) is 44.7. The summed E-state index contributed by atoms with van der Waals surface area (Å²) in [7, 11) is 0. The zero-order valence-corrected chi connectivity index (χ0v) is 38.9. The molecule has 0 aliphatic heterocycles. The van der Waals surface area contributed by atoms with Crippen LogP contribution in [0.25, 0.3) is 0 Å². The number of esters is 1. The van der Waals surface area contributed by atoms with Gasteiger partial charge in [0.15, 0.2) is 0 Å². The lowest BCUT2D eigenvalue weighted by Crippen LogP contribution is -2.46. The molecule has 0 bridgehead atoms. The molecule has 0 rings (SSSR count). The van der Waals surface area contributed by atoms with Crippen molar-refractivity contribution >= 4 is 11.9 Å². The summed E-state index contributed by atoms with van der Waals surface area (Å²) >= 11 is 0. The largest absolute Gasteiger partial charge is 0.462 e. The number of allylic oxidation sites excluding steroid dienone is 10. The summed E-state index contributed by atoms with van der Waals surface area (Å²) in [5.41, 5.74) is 0. The number of carbonyl (C=O) groups is 2. The lowest BCUT2D eigenvalue weighted by molar-refractivity contribution is -0.151. The van der Waals surface area contributed by atoms with Crippen molar-refractivity contribution in [3.63, 3.8) is 0 Å². The fourth-order valence-corrected chi connectivity index (χ4v) is 7.23. The second-order valence-electron chi connectivity index (χ2n) is 16.9. The Morgan fingerprint density at radius 3 is 1.41 bits per heavy atom. The van der Waals surface area contributed by atoms with E-state index in [1.54, 1.807) is 0 Å². The zero-order chi connectivity index (χ0) is 43.1. The first-order chi connectivity index (χ1) is 29.0. The van der Waals surface area contributed by atoms with Crippen molar-refractivity contribution in [1.82, 2.24) is 5.32 Å². The van der Waals surface area contributed by atoms with Crippen molar-refractivity contribution in [2.45, 2.75) is 257 Å². The van der Waals surface area contributed by atoms with Crippen LogP contribution in [0.4, 0.5) is 0 Å². The maximum absolute atomic E-state index is 13.1. The van der Waals surface area contributed by atoms with Gasteiger partial charge in [-0.15, -0.1) is 0 Å². The van der Waals surface area contributed by atoms with E-state index < -0.39 is 18.2 Å². The summed E-state index contributed by atoms with van der Waals surface area (Å²) < 4.78 is 5.87. The predicted octanol–water partition coefficient (Wildman–Crippen LogP) is 14.8. The van der Waals surface area contributed by atoms with Crippen molar-refractivity contribution in [3.8, 4) is 0 Å². The molecule has 0 saturated heterocycles. The topological polar surface area (TPSA) is 95.9 Å². The van der Waals surface area contributed by atoms with Crippen LogP contribution >= 0.6 is 0 Å². The van der Waals surface area contributed by atoms with Gasteiger partial charge in [0.25, 0.3) is 0 Å².